The molecule has 53 heavy (non-hydrogen) atoms. The van der Waals surface area contributed by atoms with Crippen LogP contribution in [0.3, 0.4) is 0 Å². The summed E-state index contributed by atoms with van der Waals surface area (Å²) >= 11 is 0. The number of fused-ring (bicyclic) bond motifs is 6. The van der Waals surface area contributed by atoms with Crippen molar-refractivity contribution in [2.24, 2.45) is 0 Å². The molecule has 0 aliphatic carbocycles. The highest BCUT2D eigenvalue weighted by molar-refractivity contribution is 6.14. The molecule has 7 aromatic rings. The number of carbonyl (C=O) groups is 2. The van der Waals surface area contributed by atoms with Crippen molar-refractivity contribution >= 4 is 55.8 Å². The second-order valence-electron chi connectivity index (χ2n) is 11.9. The summed E-state index contributed by atoms with van der Waals surface area (Å²) in [4.78, 5) is 31.1. The maximum atomic E-state index is 13.3. The summed E-state index contributed by atoms with van der Waals surface area (Å²) in [5, 5.41) is 3.32. The van der Waals surface area contributed by atoms with Crippen molar-refractivity contribution in [1.29, 1.82) is 0 Å². The minimum Gasteiger partial charge on any atom is -0.497 e. The van der Waals surface area contributed by atoms with E-state index in [9.17, 15) is 9.59 Å². The molecular formula is C40H37N3O10. The Balaban J connectivity index is 0.914. The summed E-state index contributed by atoms with van der Waals surface area (Å²) in [6, 6.07) is 27.4. The molecule has 0 bridgehead atoms. The Hall–Kier alpha value is -6.31. The quantitative estimate of drug-likeness (QED) is 0.0859. The number of rotatable bonds is 13. The normalized spacial score (nSPS) is 11.3. The van der Waals surface area contributed by atoms with E-state index in [0.29, 0.717) is 56.5 Å². The summed E-state index contributed by atoms with van der Waals surface area (Å²) in [5.41, 5.74) is 3.99. The number of pyridine rings is 1. The van der Waals surface area contributed by atoms with Crippen LogP contribution in [0.25, 0.3) is 43.6 Å². The van der Waals surface area contributed by atoms with Gasteiger partial charge < -0.3 is 37.9 Å². The van der Waals surface area contributed by atoms with Gasteiger partial charge in [-0.1, -0.05) is 6.07 Å². The van der Waals surface area contributed by atoms with Gasteiger partial charge in [0, 0.05) is 21.5 Å². The lowest BCUT2D eigenvalue weighted by Gasteiger charge is -2.10. The molecule has 0 atom stereocenters. The van der Waals surface area contributed by atoms with Gasteiger partial charge in [-0.05, 0) is 84.9 Å². The van der Waals surface area contributed by atoms with Gasteiger partial charge in [-0.25, -0.2) is 18.7 Å². The minimum atomic E-state index is -0.588. The zero-order valence-corrected chi connectivity index (χ0v) is 29.6. The van der Waals surface area contributed by atoms with E-state index in [-0.39, 0.29) is 33.2 Å². The molecular weight excluding hydrogens is 682 g/mol. The van der Waals surface area contributed by atoms with Gasteiger partial charge in [0.25, 0.3) is 0 Å². The SMILES string of the molecule is COc1ccc2c(c1)c1cc(OC)ccc1n2C(=O)OCCOCc1cccc(COCOC(=O)n2c3ccc(OC)cc3c3cc(OC)ccc32)n1. The molecule has 0 aliphatic heterocycles. The number of hydrogen-bond acceptors (Lipinski definition) is 11. The van der Waals surface area contributed by atoms with Crippen LogP contribution in [0.5, 0.6) is 23.0 Å². The molecule has 0 spiro atoms. The fourth-order valence-electron chi connectivity index (χ4n) is 6.29. The number of nitrogens with zero attached hydrogens (tertiary/aromatic N) is 3. The third kappa shape index (κ3) is 7.12. The number of carbonyl (C=O) groups excluding carboxylic acids is 2. The van der Waals surface area contributed by atoms with E-state index >= 15 is 0 Å². The number of benzene rings is 4. The molecule has 0 saturated carbocycles. The lowest BCUT2D eigenvalue weighted by Crippen LogP contribution is -2.16. The van der Waals surface area contributed by atoms with Gasteiger partial charge >= 0.3 is 12.2 Å². The molecule has 272 valence electrons. The van der Waals surface area contributed by atoms with Crippen LogP contribution >= 0.6 is 0 Å². The molecule has 0 saturated heterocycles. The van der Waals surface area contributed by atoms with Crippen molar-refractivity contribution in [3.05, 3.63) is 102 Å². The fourth-order valence-corrected chi connectivity index (χ4v) is 6.29. The fraction of sp³-hybridized carbons (Fsp3) is 0.225. The summed E-state index contributed by atoms with van der Waals surface area (Å²) < 4.78 is 47.2. The van der Waals surface area contributed by atoms with Crippen LogP contribution in [-0.4, -0.2) is 74.8 Å². The van der Waals surface area contributed by atoms with Crippen molar-refractivity contribution in [3.8, 4) is 23.0 Å². The molecule has 3 heterocycles. The predicted molar refractivity (Wildman–Crippen MR) is 197 cm³/mol. The molecule has 0 unspecified atom stereocenters. The topological polar surface area (TPSA) is 131 Å². The summed E-state index contributed by atoms with van der Waals surface area (Å²) in [6.07, 6.45) is -1.12. The highest BCUT2D eigenvalue weighted by Gasteiger charge is 2.20. The Morgan fingerprint density at radius 2 is 0.906 bits per heavy atom. The molecule has 0 amide bonds. The van der Waals surface area contributed by atoms with Crippen LogP contribution in [0, 0.1) is 0 Å². The predicted octanol–water partition coefficient (Wildman–Crippen LogP) is 7.69. The maximum Gasteiger partial charge on any atom is 0.421 e. The molecule has 0 N–H and O–H groups in total. The van der Waals surface area contributed by atoms with E-state index in [2.05, 4.69) is 4.98 Å². The molecule has 13 nitrogen and oxygen atoms in total. The highest BCUT2D eigenvalue weighted by atomic mass is 16.7. The van der Waals surface area contributed by atoms with Gasteiger partial charge in [0.2, 0.25) is 0 Å². The van der Waals surface area contributed by atoms with Gasteiger partial charge in [-0.3, -0.25) is 4.98 Å². The Bertz CT molecular complexity index is 2330. The van der Waals surface area contributed by atoms with Crippen molar-refractivity contribution in [1.82, 2.24) is 14.1 Å². The molecule has 7 rings (SSSR count). The Labute approximate surface area is 304 Å². The Morgan fingerprint density at radius 3 is 1.32 bits per heavy atom. The first-order valence-electron chi connectivity index (χ1n) is 16.7. The smallest absolute Gasteiger partial charge is 0.421 e. The van der Waals surface area contributed by atoms with Crippen molar-refractivity contribution in [3.63, 3.8) is 0 Å². The number of aromatic nitrogens is 3. The molecule has 3 aromatic heterocycles. The molecule has 13 heteroatoms. The van der Waals surface area contributed by atoms with Crippen LogP contribution in [-0.2, 0) is 32.2 Å². The Morgan fingerprint density at radius 1 is 0.509 bits per heavy atom. The molecule has 0 fully saturated rings. The Kier molecular flexibility index (Phi) is 10.3. The highest BCUT2D eigenvalue weighted by Crippen LogP contribution is 2.35. The number of hydrogen-bond donors (Lipinski definition) is 0. The van der Waals surface area contributed by atoms with E-state index in [0.717, 1.165) is 21.5 Å². The van der Waals surface area contributed by atoms with Crippen LogP contribution in [0.4, 0.5) is 9.59 Å². The number of ether oxygens (including phenoxy) is 8. The third-order valence-electron chi connectivity index (χ3n) is 8.81. The van der Waals surface area contributed by atoms with Crippen molar-refractivity contribution in [2.75, 3.05) is 48.4 Å². The summed E-state index contributed by atoms with van der Waals surface area (Å²) in [6.45, 7) is 0.210. The average Bonchev–Trinajstić information content (AvgIpc) is 3.70. The van der Waals surface area contributed by atoms with Crippen molar-refractivity contribution < 1.29 is 47.5 Å². The van der Waals surface area contributed by atoms with Gasteiger partial charge in [0.1, 0.15) is 29.6 Å². The maximum absolute atomic E-state index is 13.3. The lowest BCUT2D eigenvalue weighted by atomic mass is 10.1. The van der Waals surface area contributed by atoms with Crippen LogP contribution in [0.1, 0.15) is 11.4 Å². The van der Waals surface area contributed by atoms with E-state index in [4.69, 9.17) is 37.9 Å². The second kappa shape index (κ2) is 15.5. The van der Waals surface area contributed by atoms with Gasteiger partial charge in [0.15, 0.2) is 6.79 Å². The lowest BCUT2D eigenvalue weighted by molar-refractivity contribution is -0.0238. The monoisotopic (exact) mass is 719 g/mol. The first kappa shape index (κ1) is 35.1. The zero-order valence-electron chi connectivity index (χ0n) is 29.6. The minimum absolute atomic E-state index is 0.0353. The van der Waals surface area contributed by atoms with Crippen molar-refractivity contribution in [2.45, 2.75) is 13.2 Å². The van der Waals surface area contributed by atoms with Crippen LogP contribution in [0.2, 0.25) is 0 Å². The largest absolute Gasteiger partial charge is 0.497 e. The zero-order chi connectivity index (χ0) is 36.9. The van der Waals surface area contributed by atoms with E-state index in [1.165, 1.54) is 9.13 Å². The first-order valence-corrected chi connectivity index (χ1v) is 16.7. The van der Waals surface area contributed by atoms with E-state index in [1.807, 2.05) is 60.7 Å². The van der Waals surface area contributed by atoms with E-state index in [1.54, 1.807) is 58.8 Å². The van der Waals surface area contributed by atoms with E-state index < -0.39 is 12.2 Å². The second-order valence-corrected chi connectivity index (χ2v) is 11.9. The van der Waals surface area contributed by atoms with Gasteiger partial charge in [-0.15, -0.1) is 0 Å². The van der Waals surface area contributed by atoms with Crippen LogP contribution in [0.15, 0.2) is 91.0 Å². The van der Waals surface area contributed by atoms with Gasteiger partial charge in [-0.2, -0.15) is 0 Å². The molecule has 0 radical (unpaired) electrons. The first-order chi connectivity index (χ1) is 25.9. The third-order valence-corrected chi connectivity index (χ3v) is 8.81. The standard InChI is InChI=1S/C40H37N3O10/c1-46-27-8-12-35-31(18-27)32-19-28(47-2)9-13-36(32)42(35)39(44)52-17-16-50-22-25-6-5-7-26(41-25)23-51-24-53-40(45)43-37-14-10-29(48-3)20-33(37)34-21-30(49-4)11-15-38(34)43/h5-15,18-21H,16-17,22-24H2,1-4H3. The average molecular weight is 720 g/mol. The summed E-state index contributed by atoms with van der Waals surface area (Å²) in [7, 11) is 6.38. The summed E-state index contributed by atoms with van der Waals surface area (Å²) in [5.74, 6) is 2.68. The van der Waals surface area contributed by atoms with Gasteiger partial charge in [0.05, 0.1) is 81.7 Å². The molecule has 0 aliphatic rings. The molecule has 4 aromatic carbocycles. The van der Waals surface area contributed by atoms with Crippen LogP contribution < -0.4 is 18.9 Å². The number of methoxy groups -OCH3 is 4.